The van der Waals surface area contributed by atoms with Crippen molar-refractivity contribution < 1.29 is 4.52 Å². The van der Waals surface area contributed by atoms with E-state index in [1.54, 1.807) is 12.1 Å². The molecule has 2 heterocycles. The number of hydrogen-bond acceptors (Lipinski definition) is 5. The number of nitriles is 1. The molecule has 0 fully saturated rings. The first-order chi connectivity index (χ1) is 10.2. The molecule has 5 nitrogen and oxygen atoms in total. The first-order valence-electron chi connectivity index (χ1n) is 6.18. The summed E-state index contributed by atoms with van der Waals surface area (Å²) < 4.78 is 6.23. The molecule has 0 spiro atoms. The van der Waals surface area contributed by atoms with E-state index in [9.17, 15) is 0 Å². The molecule has 0 atom stereocenters. The molecule has 0 bridgehead atoms. The molecule has 0 amide bonds. The molecule has 0 saturated carbocycles. The van der Waals surface area contributed by atoms with E-state index in [0.29, 0.717) is 29.4 Å². The third-order valence-electron chi connectivity index (χ3n) is 2.86. The summed E-state index contributed by atoms with van der Waals surface area (Å²) in [5.74, 6) is 0.949. The minimum Gasteiger partial charge on any atom is -0.332 e. The highest BCUT2D eigenvalue weighted by atomic mass is 79.9. The second kappa shape index (κ2) is 5.85. The Morgan fingerprint density at radius 2 is 1.95 bits per heavy atom. The number of nitrogens with zero attached hydrogens (tertiary/aromatic N) is 4. The van der Waals surface area contributed by atoms with E-state index in [1.165, 1.54) is 6.20 Å². The number of benzene rings is 1. The topological polar surface area (TPSA) is 75.6 Å². The Morgan fingerprint density at radius 1 is 1.14 bits per heavy atom. The number of hydrogen-bond donors (Lipinski definition) is 0. The lowest BCUT2D eigenvalue weighted by Crippen LogP contribution is -1.91. The Bertz CT molecular complexity index is 788. The van der Waals surface area contributed by atoms with Gasteiger partial charge in [0.2, 0.25) is 0 Å². The minimum absolute atomic E-state index is 0.353. The van der Waals surface area contributed by atoms with Crippen LogP contribution in [0.1, 0.15) is 17.0 Å². The largest absolute Gasteiger partial charge is 0.332 e. The van der Waals surface area contributed by atoms with E-state index in [0.717, 1.165) is 10.0 Å². The lowest BCUT2D eigenvalue weighted by Gasteiger charge is -1.96. The second-order valence-electron chi connectivity index (χ2n) is 4.36. The zero-order chi connectivity index (χ0) is 14.7. The molecular formula is C15H9BrN4O. The molecule has 0 radical (unpaired) electrons. The molecule has 0 N–H and O–H groups in total. The van der Waals surface area contributed by atoms with Crippen molar-refractivity contribution in [2.75, 3.05) is 0 Å². The monoisotopic (exact) mass is 340 g/mol. The predicted molar refractivity (Wildman–Crippen MR) is 79.2 cm³/mol. The van der Waals surface area contributed by atoms with Gasteiger partial charge < -0.3 is 4.52 Å². The Balaban J connectivity index is 1.79. The molecule has 3 aromatic rings. The summed E-state index contributed by atoms with van der Waals surface area (Å²) in [5.41, 5.74) is 2.15. The number of pyridine rings is 1. The molecule has 2 aromatic heterocycles. The Kier molecular flexibility index (Phi) is 3.75. The van der Waals surface area contributed by atoms with Crippen molar-refractivity contribution in [2.24, 2.45) is 0 Å². The maximum absolute atomic E-state index is 8.74. The summed E-state index contributed by atoms with van der Waals surface area (Å²) in [6.45, 7) is 0. The van der Waals surface area contributed by atoms with Crippen LogP contribution >= 0.6 is 15.9 Å². The minimum atomic E-state index is 0.353. The molecule has 6 heteroatoms. The standard InChI is InChI=1S/C15H9BrN4O/c16-12-4-1-10(2-5-12)7-14-19-15(21-20-14)13-6-3-11(8-17)9-18-13/h1-6,9H,7H2. The molecular weight excluding hydrogens is 332 g/mol. The van der Waals surface area contributed by atoms with Crippen LogP contribution in [-0.4, -0.2) is 15.1 Å². The molecule has 0 aliphatic rings. The summed E-state index contributed by atoms with van der Waals surface area (Å²) in [4.78, 5) is 8.45. The fraction of sp³-hybridized carbons (Fsp3) is 0.0667. The maximum atomic E-state index is 8.74. The van der Waals surface area contributed by atoms with Crippen LogP contribution in [0.3, 0.4) is 0 Å². The third kappa shape index (κ3) is 3.15. The van der Waals surface area contributed by atoms with Crippen molar-refractivity contribution in [3.63, 3.8) is 0 Å². The second-order valence-corrected chi connectivity index (χ2v) is 5.28. The lowest BCUT2D eigenvalue weighted by molar-refractivity contribution is 0.422. The zero-order valence-corrected chi connectivity index (χ0v) is 12.4. The maximum Gasteiger partial charge on any atom is 0.276 e. The summed E-state index contributed by atoms with van der Waals surface area (Å²) in [6.07, 6.45) is 2.07. The smallest absolute Gasteiger partial charge is 0.276 e. The first-order valence-corrected chi connectivity index (χ1v) is 6.97. The van der Waals surface area contributed by atoms with Crippen molar-refractivity contribution in [1.82, 2.24) is 15.1 Å². The average Bonchev–Trinajstić information content (AvgIpc) is 2.98. The molecule has 3 rings (SSSR count). The van der Waals surface area contributed by atoms with Crippen molar-refractivity contribution >= 4 is 15.9 Å². The number of halogens is 1. The van der Waals surface area contributed by atoms with Crippen LogP contribution in [0.15, 0.2) is 51.6 Å². The van der Waals surface area contributed by atoms with E-state index in [-0.39, 0.29) is 0 Å². The van der Waals surface area contributed by atoms with Gasteiger partial charge in [0.05, 0.1) is 5.56 Å². The third-order valence-corrected chi connectivity index (χ3v) is 3.38. The molecule has 1 aromatic carbocycles. The fourth-order valence-electron chi connectivity index (χ4n) is 1.80. The average molecular weight is 341 g/mol. The molecule has 0 unspecified atom stereocenters. The van der Waals surface area contributed by atoms with Gasteiger partial charge in [-0.15, -0.1) is 0 Å². The van der Waals surface area contributed by atoms with Gasteiger partial charge in [0.15, 0.2) is 5.82 Å². The van der Waals surface area contributed by atoms with Gasteiger partial charge in [-0.05, 0) is 29.8 Å². The SMILES string of the molecule is N#Cc1ccc(-c2nc(Cc3ccc(Br)cc3)no2)nc1. The van der Waals surface area contributed by atoms with Gasteiger partial charge >= 0.3 is 0 Å². The van der Waals surface area contributed by atoms with Crippen LogP contribution in [0.5, 0.6) is 0 Å². The van der Waals surface area contributed by atoms with Gasteiger partial charge in [0.25, 0.3) is 5.89 Å². The Labute approximate surface area is 129 Å². The van der Waals surface area contributed by atoms with Crippen LogP contribution in [0, 0.1) is 11.3 Å². The van der Waals surface area contributed by atoms with E-state index in [1.807, 2.05) is 30.3 Å². The van der Waals surface area contributed by atoms with E-state index >= 15 is 0 Å². The van der Waals surface area contributed by atoms with Crippen LogP contribution in [0.2, 0.25) is 0 Å². The highest BCUT2D eigenvalue weighted by Crippen LogP contribution is 2.17. The normalized spacial score (nSPS) is 10.3. The summed E-state index contributed by atoms with van der Waals surface area (Å²) in [5, 5.41) is 12.7. The predicted octanol–water partition coefficient (Wildman–Crippen LogP) is 3.36. The summed E-state index contributed by atoms with van der Waals surface area (Å²) in [7, 11) is 0. The van der Waals surface area contributed by atoms with Crippen LogP contribution < -0.4 is 0 Å². The summed E-state index contributed by atoms with van der Waals surface area (Å²) >= 11 is 3.40. The van der Waals surface area contributed by atoms with Crippen molar-refractivity contribution in [2.45, 2.75) is 6.42 Å². The van der Waals surface area contributed by atoms with Gasteiger partial charge in [0, 0.05) is 17.1 Å². The number of rotatable bonds is 3. The summed E-state index contributed by atoms with van der Waals surface area (Å²) in [6, 6.07) is 13.3. The van der Waals surface area contributed by atoms with Crippen molar-refractivity contribution in [3.05, 3.63) is 64.0 Å². The van der Waals surface area contributed by atoms with Gasteiger partial charge in [-0.3, -0.25) is 0 Å². The molecule has 0 aliphatic carbocycles. The molecule has 0 aliphatic heterocycles. The molecule has 21 heavy (non-hydrogen) atoms. The Morgan fingerprint density at radius 3 is 2.62 bits per heavy atom. The lowest BCUT2D eigenvalue weighted by atomic mass is 10.1. The van der Waals surface area contributed by atoms with Crippen LogP contribution in [0.25, 0.3) is 11.6 Å². The molecule has 0 saturated heterocycles. The number of aromatic nitrogens is 3. The van der Waals surface area contributed by atoms with E-state index in [4.69, 9.17) is 9.78 Å². The van der Waals surface area contributed by atoms with Gasteiger partial charge in [-0.2, -0.15) is 10.2 Å². The first kappa shape index (κ1) is 13.5. The highest BCUT2D eigenvalue weighted by Gasteiger charge is 2.10. The quantitative estimate of drug-likeness (QED) is 0.730. The van der Waals surface area contributed by atoms with E-state index < -0.39 is 0 Å². The van der Waals surface area contributed by atoms with Crippen molar-refractivity contribution in [1.29, 1.82) is 5.26 Å². The van der Waals surface area contributed by atoms with Crippen LogP contribution in [-0.2, 0) is 6.42 Å². The van der Waals surface area contributed by atoms with Gasteiger partial charge in [-0.1, -0.05) is 33.2 Å². The Hall–Kier alpha value is -2.52. The van der Waals surface area contributed by atoms with Gasteiger partial charge in [0.1, 0.15) is 11.8 Å². The zero-order valence-electron chi connectivity index (χ0n) is 10.8. The fourth-order valence-corrected chi connectivity index (χ4v) is 2.07. The van der Waals surface area contributed by atoms with Crippen molar-refractivity contribution in [3.8, 4) is 17.7 Å². The van der Waals surface area contributed by atoms with Gasteiger partial charge in [-0.25, -0.2) is 4.98 Å². The van der Waals surface area contributed by atoms with Crippen LogP contribution in [0.4, 0.5) is 0 Å². The van der Waals surface area contributed by atoms with E-state index in [2.05, 4.69) is 31.1 Å². The highest BCUT2D eigenvalue weighted by molar-refractivity contribution is 9.10. The molecule has 102 valence electrons.